The lowest BCUT2D eigenvalue weighted by Gasteiger charge is -2.34. The highest BCUT2D eigenvalue weighted by molar-refractivity contribution is 7.89. The molecule has 10 nitrogen and oxygen atoms in total. The Morgan fingerprint density at radius 1 is 1.03 bits per heavy atom. The summed E-state index contributed by atoms with van der Waals surface area (Å²) in [5, 5.41) is 14.8. The average Bonchev–Trinajstić information content (AvgIpc) is 2.74. The van der Waals surface area contributed by atoms with Crippen molar-refractivity contribution >= 4 is 21.4 Å². The fourth-order valence-electron chi connectivity index (χ4n) is 3.97. The van der Waals surface area contributed by atoms with Crippen LogP contribution >= 0.6 is 0 Å². The van der Waals surface area contributed by atoms with Crippen LogP contribution in [0, 0.1) is 16.0 Å². The van der Waals surface area contributed by atoms with Gasteiger partial charge >= 0.3 is 0 Å². The van der Waals surface area contributed by atoms with Crippen molar-refractivity contribution in [2.24, 2.45) is 5.92 Å². The molecule has 174 valence electrons. The predicted octanol–water partition coefficient (Wildman–Crippen LogP) is 0.826. The van der Waals surface area contributed by atoms with Crippen molar-refractivity contribution in [2.75, 3.05) is 84.9 Å². The molecule has 2 aliphatic heterocycles. The van der Waals surface area contributed by atoms with Gasteiger partial charge in [-0.15, -0.1) is 0 Å². The molecule has 3 rings (SSSR count). The molecule has 0 amide bonds. The molecule has 0 aromatic heterocycles. The normalized spacial score (nSPS) is 21.1. The highest BCUT2D eigenvalue weighted by atomic mass is 32.2. The Labute approximate surface area is 185 Å². The number of nitrogens with zero attached hydrogens (tertiary/aromatic N) is 5. The topological polar surface area (TPSA) is 102 Å². The van der Waals surface area contributed by atoms with Crippen LogP contribution in [-0.2, 0) is 10.0 Å². The third-order valence-electron chi connectivity index (χ3n) is 6.07. The zero-order valence-corrected chi connectivity index (χ0v) is 19.5. The van der Waals surface area contributed by atoms with Crippen LogP contribution < -0.4 is 5.32 Å². The molecule has 0 spiro atoms. The van der Waals surface area contributed by atoms with Gasteiger partial charge in [-0.25, -0.2) is 8.42 Å². The summed E-state index contributed by atoms with van der Waals surface area (Å²) in [7, 11) is 0.315. The number of nitro benzene ring substituents is 1. The Morgan fingerprint density at radius 2 is 1.61 bits per heavy atom. The minimum absolute atomic E-state index is 0.0280. The van der Waals surface area contributed by atoms with Gasteiger partial charge < -0.3 is 20.0 Å². The lowest BCUT2D eigenvalue weighted by molar-refractivity contribution is -0.384. The first kappa shape index (κ1) is 23.9. The molecule has 0 bridgehead atoms. The van der Waals surface area contributed by atoms with Gasteiger partial charge in [0.2, 0.25) is 10.0 Å². The molecule has 0 saturated carbocycles. The van der Waals surface area contributed by atoms with E-state index in [9.17, 15) is 18.5 Å². The van der Waals surface area contributed by atoms with Crippen LogP contribution in [0.4, 0.5) is 11.4 Å². The van der Waals surface area contributed by atoms with Gasteiger partial charge in [-0.3, -0.25) is 10.1 Å². The molecule has 0 unspecified atom stereocenters. The molecular formula is C20H34N6O4S. The van der Waals surface area contributed by atoms with Crippen molar-refractivity contribution < 1.29 is 13.3 Å². The first-order chi connectivity index (χ1) is 14.7. The molecule has 2 heterocycles. The second kappa shape index (κ2) is 10.2. The van der Waals surface area contributed by atoms with Crippen LogP contribution in [0.1, 0.15) is 6.92 Å². The molecule has 1 N–H and O–H groups in total. The van der Waals surface area contributed by atoms with Crippen molar-refractivity contribution in [3.05, 3.63) is 28.3 Å². The summed E-state index contributed by atoms with van der Waals surface area (Å²) < 4.78 is 27.3. The van der Waals surface area contributed by atoms with Gasteiger partial charge in [0.05, 0.1) is 9.82 Å². The van der Waals surface area contributed by atoms with Crippen molar-refractivity contribution in [3.63, 3.8) is 0 Å². The predicted molar refractivity (Wildman–Crippen MR) is 121 cm³/mol. The lowest BCUT2D eigenvalue weighted by atomic mass is 10.1. The van der Waals surface area contributed by atoms with E-state index in [0.29, 0.717) is 44.3 Å². The van der Waals surface area contributed by atoms with Gasteiger partial charge in [-0.1, -0.05) is 6.92 Å². The van der Waals surface area contributed by atoms with E-state index in [-0.39, 0.29) is 10.6 Å². The molecule has 0 aliphatic carbocycles. The van der Waals surface area contributed by atoms with E-state index in [0.717, 1.165) is 32.7 Å². The van der Waals surface area contributed by atoms with Crippen LogP contribution in [0.3, 0.4) is 0 Å². The first-order valence-corrected chi connectivity index (χ1v) is 12.2. The second-order valence-corrected chi connectivity index (χ2v) is 10.7. The zero-order valence-electron chi connectivity index (χ0n) is 18.7. The quantitative estimate of drug-likeness (QED) is 0.455. The fourth-order valence-corrected chi connectivity index (χ4v) is 5.41. The molecule has 2 fully saturated rings. The number of likely N-dealkylation sites (N-methyl/N-ethyl adjacent to an activating group) is 2. The van der Waals surface area contributed by atoms with Crippen molar-refractivity contribution in [1.82, 2.24) is 19.0 Å². The molecule has 31 heavy (non-hydrogen) atoms. The summed E-state index contributed by atoms with van der Waals surface area (Å²) in [5.41, 5.74) is 0.148. The molecule has 1 aromatic rings. The monoisotopic (exact) mass is 454 g/mol. The number of piperazine rings is 2. The summed E-state index contributed by atoms with van der Waals surface area (Å²) in [4.78, 5) is 17.9. The van der Waals surface area contributed by atoms with Crippen LogP contribution in [0.25, 0.3) is 0 Å². The van der Waals surface area contributed by atoms with Crippen molar-refractivity contribution in [1.29, 1.82) is 0 Å². The van der Waals surface area contributed by atoms with Crippen molar-refractivity contribution in [3.8, 4) is 0 Å². The van der Waals surface area contributed by atoms with E-state index in [4.69, 9.17) is 0 Å². The van der Waals surface area contributed by atoms with E-state index in [1.165, 1.54) is 22.5 Å². The number of rotatable bonds is 8. The van der Waals surface area contributed by atoms with E-state index in [2.05, 4.69) is 34.0 Å². The second-order valence-electron chi connectivity index (χ2n) is 8.73. The smallest absolute Gasteiger partial charge is 0.293 e. The van der Waals surface area contributed by atoms with Crippen LogP contribution in [-0.4, -0.2) is 112 Å². The highest BCUT2D eigenvalue weighted by Gasteiger charge is 2.29. The van der Waals surface area contributed by atoms with Gasteiger partial charge in [0.25, 0.3) is 5.69 Å². The zero-order chi connectivity index (χ0) is 22.6. The number of anilines is 1. The minimum atomic E-state index is -3.75. The van der Waals surface area contributed by atoms with Gasteiger partial charge in [0, 0.05) is 71.5 Å². The Balaban J connectivity index is 1.65. The molecule has 1 aromatic carbocycles. The summed E-state index contributed by atoms with van der Waals surface area (Å²) in [6.07, 6.45) is 0. The van der Waals surface area contributed by atoms with Gasteiger partial charge in [0.15, 0.2) is 0 Å². The highest BCUT2D eigenvalue weighted by Crippen LogP contribution is 2.29. The Hall–Kier alpha value is -1.79. The number of nitrogens with one attached hydrogen (secondary N) is 1. The largest absolute Gasteiger partial charge is 0.379 e. The van der Waals surface area contributed by atoms with E-state index >= 15 is 0 Å². The van der Waals surface area contributed by atoms with Gasteiger partial charge in [0.1, 0.15) is 5.69 Å². The maximum atomic E-state index is 12.9. The molecule has 1 atom stereocenters. The number of hydrogen-bond acceptors (Lipinski definition) is 8. The number of sulfonamides is 1. The summed E-state index contributed by atoms with van der Waals surface area (Å²) in [6, 6.07) is 4.17. The first-order valence-electron chi connectivity index (χ1n) is 10.8. The molecule has 2 aliphatic rings. The van der Waals surface area contributed by atoms with E-state index in [1.54, 1.807) is 0 Å². The maximum absolute atomic E-state index is 12.9. The summed E-state index contributed by atoms with van der Waals surface area (Å²) >= 11 is 0. The Bertz CT molecular complexity index is 864. The third-order valence-corrected chi connectivity index (χ3v) is 7.97. The van der Waals surface area contributed by atoms with Crippen LogP contribution in [0.2, 0.25) is 0 Å². The molecule has 0 radical (unpaired) electrons. The number of nitro groups is 1. The van der Waals surface area contributed by atoms with Gasteiger partial charge in [-0.2, -0.15) is 4.31 Å². The average molecular weight is 455 g/mol. The third kappa shape index (κ3) is 6.13. The van der Waals surface area contributed by atoms with E-state index < -0.39 is 14.9 Å². The molecular weight excluding hydrogens is 420 g/mol. The minimum Gasteiger partial charge on any atom is -0.379 e. The fraction of sp³-hybridized carbons (Fsp3) is 0.700. The SMILES string of the molecule is C[C@H](CNc1ccc(S(=O)(=O)N2CCN(C)CC2)cc1[N+](=O)[O-])CN1CCN(C)CC1. The molecule has 2 saturated heterocycles. The van der Waals surface area contributed by atoms with Crippen LogP contribution in [0.15, 0.2) is 23.1 Å². The maximum Gasteiger partial charge on any atom is 0.293 e. The van der Waals surface area contributed by atoms with Crippen LogP contribution in [0.5, 0.6) is 0 Å². The Morgan fingerprint density at radius 3 is 2.19 bits per heavy atom. The molecule has 11 heteroatoms. The number of benzene rings is 1. The summed E-state index contributed by atoms with van der Waals surface area (Å²) in [6.45, 7) is 9.83. The summed E-state index contributed by atoms with van der Waals surface area (Å²) in [5.74, 6) is 0.303. The Kier molecular flexibility index (Phi) is 7.87. The van der Waals surface area contributed by atoms with Crippen molar-refractivity contribution in [2.45, 2.75) is 11.8 Å². The lowest BCUT2D eigenvalue weighted by Crippen LogP contribution is -2.47. The van der Waals surface area contributed by atoms with E-state index in [1.807, 2.05) is 7.05 Å². The van der Waals surface area contributed by atoms with Gasteiger partial charge in [-0.05, 0) is 32.1 Å². The number of hydrogen-bond donors (Lipinski definition) is 1. The standard InChI is InChI=1S/C20H34N6O4S/c1-17(16-24-10-6-22(2)7-11-24)15-21-19-5-4-18(14-20(19)26(27)28)31(29,30)25-12-8-23(3)9-13-25/h4-5,14,17,21H,6-13,15-16H2,1-3H3/t17-/m1/s1.